The molecule has 0 saturated heterocycles. The number of anilines is 2. The van der Waals surface area contributed by atoms with Crippen LogP contribution in [0.1, 0.15) is 35.2 Å². The summed E-state index contributed by atoms with van der Waals surface area (Å²) in [4.78, 5) is 28.8. The van der Waals surface area contributed by atoms with E-state index in [1.54, 1.807) is 35.8 Å². The number of nitrogens with zero attached hydrogens (tertiary/aromatic N) is 1. The molecule has 3 aromatic rings. The van der Waals surface area contributed by atoms with Gasteiger partial charge in [-0.1, -0.05) is 37.3 Å². The molecule has 26 heavy (non-hydrogen) atoms. The van der Waals surface area contributed by atoms with Crippen molar-refractivity contribution < 1.29 is 9.59 Å². The molecule has 0 radical (unpaired) electrons. The van der Waals surface area contributed by atoms with Gasteiger partial charge in [0.25, 0.3) is 5.91 Å². The standard InChI is InChI=1S/C20H19N3O2S/c1-2-17(14-6-4-3-5-7-14)19(25)22-16-10-8-15(9-11-16)18(24)23-20-21-12-13-26-20/h3-13,17H,2H2,1H3,(H,22,25)(H,21,23,24). The summed E-state index contributed by atoms with van der Waals surface area (Å²) in [5.41, 5.74) is 2.16. The van der Waals surface area contributed by atoms with Gasteiger partial charge in [-0.3, -0.25) is 14.9 Å². The van der Waals surface area contributed by atoms with Gasteiger partial charge in [0, 0.05) is 22.8 Å². The van der Waals surface area contributed by atoms with E-state index < -0.39 is 0 Å². The van der Waals surface area contributed by atoms with E-state index in [2.05, 4.69) is 15.6 Å². The van der Waals surface area contributed by atoms with E-state index in [0.29, 0.717) is 22.8 Å². The summed E-state index contributed by atoms with van der Waals surface area (Å²) in [7, 11) is 0. The molecule has 0 bridgehead atoms. The highest BCUT2D eigenvalue weighted by molar-refractivity contribution is 7.13. The Kier molecular flexibility index (Phi) is 5.76. The molecule has 1 unspecified atom stereocenters. The minimum absolute atomic E-state index is 0.0568. The lowest BCUT2D eigenvalue weighted by atomic mass is 9.95. The Morgan fingerprint density at radius 2 is 1.77 bits per heavy atom. The lowest BCUT2D eigenvalue weighted by molar-refractivity contribution is -0.117. The first kappa shape index (κ1) is 17.8. The monoisotopic (exact) mass is 365 g/mol. The number of benzene rings is 2. The summed E-state index contributed by atoms with van der Waals surface area (Å²) in [6.45, 7) is 1.99. The molecule has 0 aliphatic rings. The van der Waals surface area contributed by atoms with Gasteiger partial charge in [0.1, 0.15) is 0 Å². The third kappa shape index (κ3) is 4.34. The van der Waals surface area contributed by atoms with E-state index in [9.17, 15) is 9.59 Å². The average Bonchev–Trinajstić information content (AvgIpc) is 3.17. The van der Waals surface area contributed by atoms with Gasteiger partial charge < -0.3 is 5.32 Å². The number of thiazole rings is 1. The van der Waals surface area contributed by atoms with Gasteiger partial charge in [-0.25, -0.2) is 4.98 Å². The highest BCUT2D eigenvalue weighted by Crippen LogP contribution is 2.22. The molecule has 132 valence electrons. The van der Waals surface area contributed by atoms with E-state index >= 15 is 0 Å². The Bertz CT molecular complexity index is 862. The fourth-order valence-electron chi connectivity index (χ4n) is 2.65. The Morgan fingerprint density at radius 3 is 2.38 bits per heavy atom. The van der Waals surface area contributed by atoms with E-state index in [1.807, 2.05) is 37.3 Å². The summed E-state index contributed by atoms with van der Waals surface area (Å²) in [5, 5.41) is 8.00. The van der Waals surface area contributed by atoms with Gasteiger partial charge in [-0.2, -0.15) is 0 Å². The Balaban J connectivity index is 1.65. The van der Waals surface area contributed by atoms with Crippen LogP contribution < -0.4 is 10.6 Å². The maximum atomic E-state index is 12.6. The molecule has 0 spiro atoms. The lowest BCUT2D eigenvalue weighted by Gasteiger charge is -2.15. The van der Waals surface area contributed by atoms with Crippen LogP contribution in [0.15, 0.2) is 66.2 Å². The van der Waals surface area contributed by atoms with E-state index in [-0.39, 0.29) is 17.7 Å². The number of amides is 2. The first-order valence-electron chi connectivity index (χ1n) is 8.34. The quantitative estimate of drug-likeness (QED) is 0.674. The SMILES string of the molecule is CCC(C(=O)Nc1ccc(C(=O)Nc2nccs2)cc1)c1ccccc1. The maximum absolute atomic E-state index is 12.6. The molecule has 1 atom stereocenters. The number of carbonyl (C=O) groups is 2. The van der Waals surface area contributed by atoms with E-state index in [4.69, 9.17) is 0 Å². The number of carbonyl (C=O) groups excluding carboxylic acids is 2. The van der Waals surface area contributed by atoms with Gasteiger partial charge in [-0.15, -0.1) is 11.3 Å². The topological polar surface area (TPSA) is 71.1 Å². The number of hydrogen-bond donors (Lipinski definition) is 2. The van der Waals surface area contributed by atoms with E-state index in [1.165, 1.54) is 11.3 Å². The van der Waals surface area contributed by atoms with Crippen LogP contribution >= 0.6 is 11.3 Å². The number of hydrogen-bond acceptors (Lipinski definition) is 4. The molecule has 0 aliphatic heterocycles. The highest BCUT2D eigenvalue weighted by atomic mass is 32.1. The zero-order chi connectivity index (χ0) is 18.4. The third-order valence-electron chi connectivity index (χ3n) is 3.99. The summed E-state index contributed by atoms with van der Waals surface area (Å²) < 4.78 is 0. The van der Waals surface area contributed by atoms with Gasteiger partial charge in [0.05, 0.1) is 5.92 Å². The third-order valence-corrected chi connectivity index (χ3v) is 4.68. The molecule has 0 fully saturated rings. The lowest BCUT2D eigenvalue weighted by Crippen LogP contribution is -2.20. The van der Waals surface area contributed by atoms with Crippen LogP contribution in [-0.2, 0) is 4.79 Å². The van der Waals surface area contributed by atoms with Crippen molar-refractivity contribution >= 4 is 34.0 Å². The van der Waals surface area contributed by atoms with E-state index in [0.717, 1.165) is 5.56 Å². The maximum Gasteiger partial charge on any atom is 0.257 e. The molecule has 6 heteroatoms. The minimum Gasteiger partial charge on any atom is -0.326 e. The van der Waals surface area contributed by atoms with Gasteiger partial charge in [0.15, 0.2) is 5.13 Å². The Hall–Kier alpha value is -2.99. The molecule has 3 rings (SSSR count). The molecular formula is C20H19N3O2S. The Morgan fingerprint density at radius 1 is 1.04 bits per heavy atom. The van der Waals surface area contributed by atoms with Crippen LogP contribution in [0.5, 0.6) is 0 Å². The van der Waals surface area contributed by atoms with Crippen LogP contribution in [0.2, 0.25) is 0 Å². The predicted molar refractivity (Wildman–Crippen MR) is 105 cm³/mol. The number of aromatic nitrogens is 1. The summed E-state index contributed by atoms with van der Waals surface area (Å²) >= 11 is 1.36. The van der Waals surface area contributed by atoms with Crippen LogP contribution in [0.4, 0.5) is 10.8 Å². The summed E-state index contributed by atoms with van der Waals surface area (Å²) in [5.74, 6) is -0.490. The van der Waals surface area contributed by atoms with Crippen LogP contribution in [0, 0.1) is 0 Å². The molecule has 5 nitrogen and oxygen atoms in total. The first-order chi connectivity index (χ1) is 12.7. The second-order valence-corrected chi connectivity index (χ2v) is 6.62. The summed E-state index contributed by atoms with van der Waals surface area (Å²) in [6.07, 6.45) is 2.35. The number of nitrogens with one attached hydrogen (secondary N) is 2. The second kappa shape index (κ2) is 8.40. The van der Waals surface area contributed by atoms with Crippen molar-refractivity contribution in [3.05, 3.63) is 77.3 Å². The molecule has 2 N–H and O–H groups in total. The minimum atomic E-state index is -0.228. The predicted octanol–water partition coefficient (Wildman–Crippen LogP) is 4.53. The van der Waals surface area contributed by atoms with Crippen LogP contribution in [0.3, 0.4) is 0 Å². The fourth-order valence-corrected chi connectivity index (χ4v) is 3.17. The van der Waals surface area contributed by atoms with Crippen LogP contribution in [-0.4, -0.2) is 16.8 Å². The molecule has 1 aromatic heterocycles. The average molecular weight is 365 g/mol. The smallest absolute Gasteiger partial charge is 0.257 e. The second-order valence-electron chi connectivity index (χ2n) is 5.73. The number of rotatable bonds is 6. The molecule has 2 amide bonds. The molecule has 0 saturated carbocycles. The Labute approximate surface area is 156 Å². The zero-order valence-corrected chi connectivity index (χ0v) is 15.1. The van der Waals surface area contributed by atoms with Crippen molar-refractivity contribution in [2.45, 2.75) is 19.3 Å². The van der Waals surface area contributed by atoms with Crippen molar-refractivity contribution in [1.82, 2.24) is 4.98 Å². The molecule has 2 aromatic carbocycles. The highest BCUT2D eigenvalue weighted by Gasteiger charge is 2.18. The van der Waals surface area contributed by atoms with Gasteiger partial charge >= 0.3 is 0 Å². The van der Waals surface area contributed by atoms with Gasteiger partial charge in [0.2, 0.25) is 5.91 Å². The van der Waals surface area contributed by atoms with Crippen LogP contribution in [0.25, 0.3) is 0 Å². The van der Waals surface area contributed by atoms with Crippen molar-refractivity contribution in [2.24, 2.45) is 0 Å². The van der Waals surface area contributed by atoms with Crippen molar-refractivity contribution in [2.75, 3.05) is 10.6 Å². The fraction of sp³-hybridized carbons (Fsp3) is 0.150. The van der Waals surface area contributed by atoms with Gasteiger partial charge in [-0.05, 0) is 36.2 Å². The van der Waals surface area contributed by atoms with Crippen molar-refractivity contribution in [3.63, 3.8) is 0 Å². The summed E-state index contributed by atoms with van der Waals surface area (Å²) in [6, 6.07) is 16.5. The normalized spacial score (nSPS) is 11.6. The first-order valence-corrected chi connectivity index (χ1v) is 9.22. The molecule has 0 aliphatic carbocycles. The zero-order valence-electron chi connectivity index (χ0n) is 14.3. The largest absolute Gasteiger partial charge is 0.326 e. The van der Waals surface area contributed by atoms with Crippen molar-refractivity contribution in [1.29, 1.82) is 0 Å². The molecular weight excluding hydrogens is 346 g/mol. The molecule has 1 heterocycles. The van der Waals surface area contributed by atoms with Crippen molar-refractivity contribution in [3.8, 4) is 0 Å².